The molecule has 0 aliphatic heterocycles. The Labute approximate surface area is 88.6 Å². The van der Waals surface area contributed by atoms with Gasteiger partial charge in [-0.05, 0) is 24.7 Å². The van der Waals surface area contributed by atoms with Crippen LogP contribution in [0.25, 0.3) is 0 Å². The van der Waals surface area contributed by atoms with E-state index in [0.29, 0.717) is 18.3 Å². The van der Waals surface area contributed by atoms with E-state index < -0.39 is 6.17 Å². The summed E-state index contributed by atoms with van der Waals surface area (Å²) in [5.74, 6) is 1.07. The predicted octanol–water partition coefficient (Wildman–Crippen LogP) is 4.75. The van der Waals surface area contributed by atoms with Crippen LogP contribution >= 0.6 is 0 Å². The standard InChI is InChI=1S/C13H25F/c1-5-7-12(4)10-13(14)9-6-8-11(2)3/h6,8,11-13H,5,7,9-10H2,1-4H3. The zero-order valence-corrected chi connectivity index (χ0v) is 10.1. The number of halogens is 1. The highest BCUT2D eigenvalue weighted by Gasteiger charge is 2.09. The first kappa shape index (κ1) is 13.7. The van der Waals surface area contributed by atoms with Crippen molar-refractivity contribution < 1.29 is 4.39 Å². The summed E-state index contributed by atoms with van der Waals surface area (Å²) in [5, 5.41) is 0. The quantitative estimate of drug-likeness (QED) is 0.520. The first-order valence-corrected chi connectivity index (χ1v) is 5.87. The van der Waals surface area contributed by atoms with Gasteiger partial charge < -0.3 is 0 Å². The Kier molecular flexibility index (Phi) is 7.83. The molecule has 0 saturated carbocycles. The van der Waals surface area contributed by atoms with Crippen molar-refractivity contribution in [1.82, 2.24) is 0 Å². The summed E-state index contributed by atoms with van der Waals surface area (Å²) in [6.45, 7) is 8.53. The fraction of sp³-hybridized carbons (Fsp3) is 0.846. The summed E-state index contributed by atoms with van der Waals surface area (Å²) in [6.07, 6.45) is 7.03. The van der Waals surface area contributed by atoms with Gasteiger partial charge >= 0.3 is 0 Å². The van der Waals surface area contributed by atoms with E-state index in [-0.39, 0.29) is 0 Å². The van der Waals surface area contributed by atoms with Crippen LogP contribution in [0.3, 0.4) is 0 Å². The van der Waals surface area contributed by atoms with Crippen LogP contribution in [0.4, 0.5) is 4.39 Å². The second kappa shape index (κ2) is 8.02. The number of hydrogen-bond donors (Lipinski definition) is 0. The third-order valence-electron chi connectivity index (χ3n) is 2.35. The lowest BCUT2D eigenvalue weighted by atomic mass is 9.98. The van der Waals surface area contributed by atoms with E-state index in [0.717, 1.165) is 19.3 Å². The van der Waals surface area contributed by atoms with Crippen molar-refractivity contribution in [2.75, 3.05) is 0 Å². The molecule has 0 fully saturated rings. The molecule has 0 aromatic heterocycles. The van der Waals surface area contributed by atoms with E-state index in [4.69, 9.17) is 0 Å². The Bertz CT molecular complexity index is 149. The topological polar surface area (TPSA) is 0 Å². The fourth-order valence-electron chi connectivity index (χ4n) is 1.64. The van der Waals surface area contributed by atoms with Crippen LogP contribution in [-0.4, -0.2) is 6.17 Å². The van der Waals surface area contributed by atoms with Crippen molar-refractivity contribution >= 4 is 0 Å². The molecule has 1 heteroatoms. The molecule has 0 rings (SSSR count). The van der Waals surface area contributed by atoms with E-state index in [1.54, 1.807) is 0 Å². The first-order valence-electron chi connectivity index (χ1n) is 5.87. The highest BCUT2D eigenvalue weighted by Crippen LogP contribution is 2.17. The minimum atomic E-state index is -0.647. The molecule has 0 aliphatic carbocycles. The lowest BCUT2D eigenvalue weighted by Crippen LogP contribution is -2.05. The average molecular weight is 200 g/mol. The number of hydrogen-bond acceptors (Lipinski definition) is 0. The monoisotopic (exact) mass is 200 g/mol. The number of alkyl halides is 1. The van der Waals surface area contributed by atoms with Gasteiger partial charge in [-0.25, -0.2) is 4.39 Å². The first-order chi connectivity index (χ1) is 6.56. The molecular formula is C13H25F. The van der Waals surface area contributed by atoms with Gasteiger partial charge in [0, 0.05) is 0 Å². The van der Waals surface area contributed by atoms with Gasteiger partial charge in [-0.1, -0.05) is 52.7 Å². The summed E-state index contributed by atoms with van der Waals surface area (Å²) >= 11 is 0. The summed E-state index contributed by atoms with van der Waals surface area (Å²) in [7, 11) is 0. The van der Waals surface area contributed by atoms with Crippen LogP contribution in [0, 0.1) is 11.8 Å². The molecule has 0 amide bonds. The smallest absolute Gasteiger partial charge is 0.104 e. The van der Waals surface area contributed by atoms with E-state index in [1.165, 1.54) is 0 Å². The second-order valence-corrected chi connectivity index (χ2v) is 4.63. The summed E-state index contributed by atoms with van der Waals surface area (Å²) < 4.78 is 13.4. The predicted molar refractivity (Wildman–Crippen MR) is 62.2 cm³/mol. The van der Waals surface area contributed by atoms with Gasteiger partial charge in [0.05, 0.1) is 0 Å². The van der Waals surface area contributed by atoms with Gasteiger partial charge in [-0.3, -0.25) is 0 Å². The Morgan fingerprint density at radius 1 is 1.21 bits per heavy atom. The molecule has 2 atom stereocenters. The summed E-state index contributed by atoms with van der Waals surface area (Å²) in [5.41, 5.74) is 0. The van der Waals surface area contributed by atoms with Crippen LogP contribution in [0.1, 0.15) is 53.4 Å². The van der Waals surface area contributed by atoms with Crippen LogP contribution in [-0.2, 0) is 0 Å². The van der Waals surface area contributed by atoms with Crippen LogP contribution in [0.15, 0.2) is 12.2 Å². The zero-order valence-electron chi connectivity index (χ0n) is 10.1. The van der Waals surface area contributed by atoms with Gasteiger partial charge in [0.25, 0.3) is 0 Å². The molecule has 0 saturated heterocycles. The fourth-order valence-corrected chi connectivity index (χ4v) is 1.64. The lowest BCUT2D eigenvalue weighted by molar-refractivity contribution is 0.270. The van der Waals surface area contributed by atoms with Gasteiger partial charge in [0.15, 0.2) is 0 Å². The van der Waals surface area contributed by atoms with Crippen LogP contribution in [0.5, 0.6) is 0 Å². The van der Waals surface area contributed by atoms with Gasteiger partial charge in [-0.2, -0.15) is 0 Å². The molecule has 0 radical (unpaired) electrons. The Balaban J connectivity index is 3.59. The molecule has 0 bridgehead atoms. The van der Waals surface area contributed by atoms with Crippen molar-refractivity contribution in [1.29, 1.82) is 0 Å². The zero-order chi connectivity index (χ0) is 11.0. The van der Waals surface area contributed by atoms with E-state index >= 15 is 0 Å². The molecule has 0 aromatic rings. The lowest BCUT2D eigenvalue weighted by Gasteiger charge is -2.12. The third kappa shape index (κ3) is 8.28. The summed E-state index contributed by atoms with van der Waals surface area (Å²) in [6, 6.07) is 0. The summed E-state index contributed by atoms with van der Waals surface area (Å²) in [4.78, 5) is 0. The molecule has 0 nitrogen and oxygen atoms in total. The van der Waals surface area contributed by atoms with E-state index in [1.807, 2.05) is 6.08 Å². The van der Waals surface area contributed by atoms with Crippen LogP contribution in [0.2, 0.25) is 0 Å². The van der Waals surface area contributed by atoms with Gasteiger partial charge in [0.1, 0.15) is 6.17 Å². The molecule has 0 N–H and O–H groups in total. The highest BCUT2D eigenvalue weighted by atomic mass is 19.1. The molecule has 0 spiro atoms. The molecule has 84 valence electrons. The highest BCUT2D eigenvalue weighted by molar-refractivity contribution is 4.86. The number of rotatable bonds is 7. The van der Waals surface area contributed by atoms with E-state index in [2.05, 4.69) is 33.8 Å². The Hall–Kier alpha value is -0.330. The molecule has 0 aliphatic rings. The minimum absolute atomic E-state index is 0.530. The molecule has 14 heavy (non-hydrogen) atoms. The van der Waals surface area contributed by atoms with Crippen molar-refractivity contribution in [2.24, 2.45) is 11.8 Å². The normalized spacial score (nSPS) is 16.4. The number of allylic oxidation sites excluding steroid dienone is 2. The minimum Gasteiger partial charge on any atom is -0.247 e. The van der Waals surface area contributed by atoms with Crippen molar-refractivity contribution in [3.63, 3.8) is 0 Å². The van der Waals surface area contributed by atoms with Crippen molar-refractivity contribution in [2.45, 2.75) is 59.5 Å². The molecule has 0 aromatic carbocycles. The average Bonchev–Trinajstić information content (AvgIpc) is 2.03. The Morgan fingerprint density at radius 2 is 1.86 bits per heavy atom. The Morgan fingerprint density at radius 3 is 2.36 bits per heavy atom. The molecule has 2 unspecified atom stereocenters. The third-order valence-corrected chi connectivity index (χ3v) is 2.35. The van der Waals surface area contributed by atoms with E-state index in [9.17, 15) is 4.39 Å². The second-order valence-electron chi connectivity index (χ2n) is 4.63. The van der Waals surface area contributed by atoms with Crippen molar-refractivity contribution in [3.8, 4) is 0 Å². The SMILES string of the molecule is CCCC(C)CC(F)CC=CC(C)C. The molecule has 0 heterocycles. The van der Waals surface area contributed by atoms with Gasteiger partial charge in [0.2, 0.25) is 0 Å². The maximum Gasteiger partial charge on any atom is 0.104 e. The maximum absolute atomic E-state index is 13.4. The van der Waals surface area contributed by atoms with Crippen molar-refractivity contribution in [3.05, 3.63) is 12.2 Å². The van der Waals surface area contributed by atoms with Gasteiger partial charge in [-0.15, -0.1) is 0 Å². The molecular weight excluding hydrogens is 175 g/mol. The van der Waals surface area contributed by atoms with Crippen LogP contribution < -0.4 is 0 Å². The largest absolute Gasteiger partial charge is 0.247 e. The maximum atomic E-state index is 13.4.